The van der Waals surface area contributed by atoms with Gasteiger partial charge in [-0.3, -0.25) is 4.79 Å². The van der Waals surface area contributed by atoms with E-state index in [1.165, 1.54) is 38.9 Å². The summed E-state index contributed by atoms with van der Waals surface area (Å²) in [7, 11) is 0. The van der Waals surface area contributed by atoms with Crippen LogP contribution in [0.1, 0.15) is 67.0 Å². The van der Waals surface area contributed by atoms with Crippen LogP contribution in [0.5, 0.6) is 11.5 Å². The number of carbonyl (C=O) groups is 1. The summed E-state index contributed by atoms with van der Waals surface area (Å²) in [5, 5.41) is 0. The number of fused-ring (bicyclic) bond motifs is 1. The van der Waals surface area contributed by atoms with E-state index in [0.29, 0.717) is 26.2 Å². The van der Waals surface area contributed by atoms with Crippen LogP contribution in [0, 0.1) is 25.2 Å². The molecule has 5 nitrogen and oxygen atoms in total. The van der Waals surface area contributed by atoms with E-state index in [0.717, 1.165) is 36.7 Å². The number of rotatable bonds is 10. The smallest absolute Gasteiger partial charge is 0.309 e. The Balaban J connectivity index is 1.31. The van der Waals surface area contributed by atoms with Crippen LogP contribution in [0.3, 0.4) is 0 Å². The molecule has 0 N–H and O–H groups in total. The van der Waals surface area contributed by atoms with Crippen molar-refractivity contribution in [2.24, 2.45) is 11.3 Å². The Kier molecular flexibility index (Phi) is 8.23. The second kappa shape index (κ2) is 11.7. The van der Waals surface area contributed by atoms with Crippen LogP contribution < -0.4 is 9.47 Å². The average Bonchev–Trinajstić information content (AvgIpc) is 3.24. The van der Waals surface area contributed by atoms with Gasteiger partial charge in [-0.2, -0.15) is 0 Å². The molecule has 5 heteroatoms. The zero-order chi connectivity index (χ0) is 28.4. The SMILES string of the molecule is CCOC(=O)C1Cc2cc(OCc3cccc(-c4c(C)cc(OCC5(C)COC5)cc4C)c3)c(CC)cc2C1C. The van der Waals surface area contributed by atoms with Gasteiger partial charge in [0.1, 0.15) is 18.1 Å². The predicted molar refractivity (Wildman–Crippen MR) is 158 cm³/mol. The highest BCUT2D eigenvalue weighted by molar-refractivity contribution is 5.76. The van der Waals surface area contributed by atoms with Gasteiger partial charge >= 0.3 is 5.97 Å². The van der Waals surface area contributed by atoms with Crippen molar-refractivity contribution in [1.82, 2.24) is 0 Å². The lowest BCUT2D eigenvalue weighted by Crippen LogP contribution is -2.44. The average molecular weight is 543 g/mol. The van der Waals surface area contributed by atoms with E-state index >= 15 is 0 Å². The van der Waals surface area contributed by atoms with Crippen LogP contribution in [0.2, 0.25) is 0 Å². The number of aryl methyl sites for hydroxylation is 3. The van der Waals surface area contributed by atoms with Crippen LogP contribution >= 0.6 is 0 Å². The summed E-state index contributed by atoms with van der Waals surface area (Å²) < 4.78 is 23.3. The quantitative estimate of drug-likeness (QED) is 0.251. The summed E-state index contributed by atoms with van der Waals surface area (Å²) in [5.74, 6) is 1.75. The fraction of sp³-hybridized carbons (Fsp3) is 0.457. The molecule has 2 aliphatic rings. The molecule has 1 heterocycles. The summed E-state index contributed by atoms with van der Waals surface area (Å²) in [6.07, 6.45) is 1.58. The summed E-state index contributed by atoms with van der Waals surface area (Å²) in [5.41, 5.74) is 9.66. The highest BCUT2D eigenvalue weighted by Crippen LogP contribution is 2.42. The Morgan fingerprint density at radius 1 is 1.02 bits per heavy atom. The van der Waals surface area contributed by atoms with E-state index in [2.05, 4.69) is 83.1 Å². The summed E-state index contributed by atoms with van der Waals surface area (Å²) >= 11 is 0. The molecule has 1 aliphatic heterocycles. The fourth-order valence-corrected chi connectivity index (χ4v) is 6.10. The molecule has 40 heavy (non-hydrogen) atoms. The number of carbonyl (C=O) groups excluding carboxylic acids is 1. The van der Waals surface area contributed by atoms with Crippen molar-refractivity contribution in [3.63, 3.8) is 0 Å². The third-order valence-electron chi connectivity index (χ3n) is 8.43. The number of benzene rings is 3. The van der Waals surface area contributed by atoms with Crippen LogP contribution in [0.15, 0.2) is 48.5 Å². The minimum atomic E-state index is -0.120. The molecule has 5 rings (SSSR count). The second-order valence-electron chi connectivity index (χ2n) is 11.9. The van der Waals surface area contributed by atoms with E-state index in [9.17, 15) is 4.79 Å². The lowest BCUT2D eigenvalue weighted by molar-refractivity contribution is -0.148. The van der Waals surface area contributed by atoms with E-state index in [4.69, 9.17) is 18.9 Å². The maximum absolute atomic E-state index is 12.5. The molecule has 0 spiro atoms. The van der Waals surface area contributed by atoms with Gasteiger partial charge in [-0.05, 0) is 108 Å². The zero-order valence-corrected chi connectivity index (χ0v) is 24.8. The van der Waals surface area contributed by atoms with Crippen molar-refractivity contribution in [2.75, 3.05) is 26.4 Å². The van der Waals surface area contributed by atoms with Gasteiger partial charge in [-0.15, -0.1) is 0 Å². The fourth-order valence-electron chi connectivity index (χ4n) is 6.10. The van der Waals surface area contributed by atoms with Gasteiger partial charge in [-0.1, -0.05) is 45.0 Å². The molecule has 1 saturated heterocycles. The highest BCUT2D eigenvalue weighted by atomic mass is 16.5. The first-order valence-corrected chi connectivity index (χ1v) is 14.6. The summed E-state index contributed by atoms with van der Waals surface area (Å²) in [6.45, 7) is 15.7. The number of ether oxygens (including phenoxy) is 4. The lowest BCUT2D eigenvalue weighted by atomic mass is 9.90. The number of hydrogen-bond acceptors (Lipinski definition) is 5. The third kappa shape index (κ3) is 5.76. The van der Waals surface area contributed by atoms with Crippen LogP contribution in [-0.2, 0) is 33.7 Å². The van der Waals surface area contributed by atoms with E-state index in [-0.39, 0.29) is 23.2 Å². The molecule has 2 unspecified atom stereocenters. The second-order valence-corrected chi connectivity index (χ2v) is 11.9. The molecule has 1 fully saturated rings. The molecule has 0 amide bonds. The van der Waals surface area contributed by atoms with Crippen molar-refractivity contribution >= 4 is 5.97 Å². The number of esters is 1. The Hall–Kier alpha value is -3.31. The van der Waals surface area contributed by atoms with Gasteiger partial charge in [0.2, 0.25) is 0 Å². The van der Waals surface area contributed by atoms with Gasteiger partial charge in [0, 0.05) is 5.41 Å². The lowest BCUT2D eigenvalue weighted by Gasteiger charge is -2.37. The Morgan fingerprint density at radius 3 is 2.42 bits per heavy atom. The molecule has 3 aromatic carbocycles. The summed E-state index contributed by atoms with van der Waals surface area (Å²) in [4.78, 5) is 12.5. The molecule has 0 bridgehead atoms. The standard InChI is InChI=1S/C35H42O5/c1-7-26-15-30-24(5)31(34(36)38-8-2)16-28(30)17-32(26)39-18-25-10-9-11-27(14-25)33-22(3)12-29(13-23(33)4)40-21-35(6)19-37-20-35/h9-15,17,24,31H,7-8,16,18-21H2,1-6H3. The zero-order valence-electron chi connectivity index (χ0n) is 24.8. The van der Waals surface area contributed by atoms with Crippen molar-refractivity contribution in [2.45, 2.75) is 66.9 Å². The maximum Gasteiger partial charge on any atom is 0.309 e. The number of hydrogen-bond donors (Lipinski definition) is 0. The van der Waals surface area contributed by atoms with Gasteiger partial charge in [-0.25, -0.2) is 0 Å². The first kappa shape index (κ1) is 28.2. The molecule has 0 saturated carbocycles. The van der Waals surface area contributed by atoms with Crippen LogP contribution in [-0.4, -0.2) is 32.4 Å². The first-order chi connectivity index (χ1) is 19.2. The topological polar surface area (TPSA) is 54.0 Å². The molecule has 0 radical (unpaired) electrons. The third-order valence-corrected chi connectivity index (χ3v) is 8.43. The Bertz CT molecular complexity index is 1360. The normalized spacial score (nSPS) is 19.1. The predicted octanol–water partition coefficient (Wildman–Crippen LogP) is 7.37. The van der Waals surface area contributed by atoms with Crippen molar-refractivity contribution < 1.29 is 23.7 Å². The molecule has 0 aromatic heterocycles. The minimum Gasteiger partial charge on any atom is -0.493 e. The monoisotopic (exact) mass is 542 g/mol. The summed E-state index contributed by atoms with van der Waals surface area (Å²) in [6, 6.07) is 17.3. The minimum absolute atomic E-state index is 0.101. The highest BCUT2D eigenvalue weighted by Gasteiger charge is 2.36. The van der Waals surface area contributed by atoms with E-state index < -0.39 is 0 Å². The van der Waals surface area contributed by atoms with Gasteiger partial charge < -0.3 is 18.9 Å². The van der Waals surface area contributed by atoms with Gasteiger partial charge in [0.25, 0.3) is 0 Å². The van der Waals surface area contributed by atoms with E-state index in [1.807, 2.05) is 6.92 Å². The van der Waals surface area contributed by atoms with Crippen molar-refractivity contribution in [3.8, 4) is 22.6 Å². The first-order valence-electron chi connectivity index (χ1n) is 14.6. The van der Waals surface area contributed by atoms with Gasteiger partial charge in [0.15, 0.2) is 0 Å². The van der Waals surface area contributed by atoms with Crippen LogP contribution in [0.4, 0.5) is 0 Å². The largest absolute Gasteiger partial charge is 0.493 e. The molecular weight excluding hydrogens is 500 g/mol. The Morgan fingerprint density at radius 2 is 1.77 bits per heavy atom. The van der Waals surface area contributed by atoms with Crippen molar-refractivity contribution in [3.05, 3.63) is 81.9 Å². The molecule has 2 atom stereocenters. The van der Waals surface area contributed by atoms with Gasteiger partial charge in [0.05, 0.1) is 32.3 Å². The van der Waals surface area contributed by atoms with Crippen LogP contribution in [0.25, 0.3) is 11.1 Å². The molecule has 3 aromatic rings. The van der Waals surface area contributed by atoms with Crippen molar-refractivity contribution in [1.29, 1.82) is 0 Å². The maximum atomic E-state index is 12.5. The molecular formula is C35H42O5. The Labute approximate surface area is 238 Å². The molecule has 212 valence electrons. The molecule has 1 aliphatic carbocycles. The van der Waals surface area contributed by atoms with E-state index in [1.54, 1.807) is 0 Å².